The summed E-state index contributed by atoms with van der Waals surface area (Å²) in [5.74, 6) is -0.386. The van der Waals surface area contributed by atoms with Crippen LogP contribution in [0.2, 0.25) is 0 Å². The van der Waals surface area contributed by atoms with Crippen molar-refractivity contribution in [3.8, 4) is 5.75 Å². The molecular formula is C13H12Br2N2O3. The largest absolute Gasteiger partial charge is 0.486 e. The molecular weight excluding hydrogens is 392 g/mol. The zero-order chi connectivity index (χ0) is 14.9. The first-order valence-corrected chi connectivity index (χ1v) is 7.32. The zero-order valence-corrected chi connectivity index (χ0v) is 14.0. The number of aryl methyl sites for hydroxylation is 2. The molecule has 0 amide bonds. The molecule has 1 heterocycles. The lowest BCUT2D eigenvalue weighted by Gasteiger charge is -2.09. The average molecular weight is 404 g/mol. The van der Waals surface area contributed by atoms with Crippen LogP contribution in [-0.4, -0.2) is 20.9 Å². The molecule has 5 nitrogen and oxygen atoms in total. The van der Waals surface area contributed by atoms with Crippen molar-refractivity contribution in [2.45, 2.75) is 13.5 Å². The average Bonchev–Trinajstić information content (AvgIpc) is 2.62. The van der Waals surface area contributed by atoms with E-state index < -0.39 is 5.97 Å². The van der Waals surface area contributed by atoms with Crippen molar-refractivity contribution >= 4 is 37.8 Å². The van der Waals surface area contributed by atoms with Crippen LogP contribution in [-0.2, 0) is 13.7 Å². The molecule has 2 aromatic rings. The first-order valence-electron chi connectivity index (χ1n) is 5.73. The molecule has 0 aliphatic rings. The molecule has 1 N–H and O–H groups in total. The van der Waals surface area contributed by atoms with Crippen LogP contribution in [0, 0.1) is 6.92 Å². The highest BCUT2D eigenvalue weighted by Crippen LogP contribution is 2.28. The smallest absolute Gasteiger partial charge is 0.335 e. The van der Waals surface area contributed by atoms with Crippen molar-refractivity contribution < 1.29 is 14.6 Å². The molecule has 0 saturated carbocycles. The number of carbonyl (C=O) groups is 1. The Morgan fingerprint density at radius 2 is 2.15 bits per heavy atom. The van der Waals surface area contributed by atoms with Gasteiger partial charge >= 0.3 is 5.97 Å². The Labute approximate surface area is 132 Å². The molecule has 106 valence electrons. The lowest BCUT2D eigenvalue weighted by molar-refractivity contribution is 0.0696. The predicted octanol–water partition coefficient (Wildman–Crippen LogP) is 3.53. The normalized spacial score (nSPS) is 10.6. The lowest BCUT2D eigenvalue weighted by atomic mass is 10.2. The fourth-order valence-corrected chi connectivity index (χ4v) is 2.68. The summed E-state index contributed by atoms with van der Waals surface area (Å²) < 4.78 is 8.97. The summed E-state index contributed by atoms with van der Waals surface area (Å²) in [7, 11) is 1.85. The van der Waals surface area contributed by atoms with Gasteiger partial charge in [-0.2, -0.15) is 5.10 Å². The fraction of sp³-hybridized carbons (Fsp3) is 0.231. The molecule has 0 saturated heterocycles. The third-order valence-electron chi connectivity index (χ3n) is 2.80. The minimum atomic E-state index is -0.970. The van der Waals surface area contributed by atoms with Gasteiger partial charge in [-0.1, -0.05) is 0 Å². The Morgan fingerprint density at radius 3 is 2.65 bits per heavy atom. The molecule has 20 heavy (non-hydrogen) atoms. The van der Waals surface area contributed by atoms with E-state index in [9.17, 15) is 4.79 Å². The number of hydrogen-bond donors (Lipinski definition) is 1. The maximum atomic E-state index is 10.9. The van der Waals surface area contributed by atoms with Crippen LogP contribution in [0.5, 0.6) is 5.75 Å². The van der Waals surface area contributed by atoms with Gasteiger partial charge in [0.15, 0.2) is 0 Å². The second kappa shape index (κ2) is 5.97. The molecule has 0 fully saturated rings. The van der Waals surface area contributed by atoms with Crippen LogP contribution in [0.4, 0.5) is 0 Å². The zero-order valence-electron chi connectivity index (χ0n) is 10.9. The highest BCUT2D eigenvalue weighted by atomic mass is 79.9. The number of rotatable bonds is 4. The summed E-state index contributed by atoms with van der Waals surface area (Å²) in [4.78, 5) is 10.9. The van der Waals surface area contributed by atoms with Crippen LogP contribution < -0.4 is 4.74 Å². The number of nitrogens with zero attached hydrogens (tertiary/aromatic N) is 2. The predicted molar refractivity (Wildman–Crippen MR) is 81.1 cm³/mol. The van der Waals surface area contributed by atoms with Gasteiger partial charge in [0.25, 0.3) is 0 Å². The third kappa shape index (κ3) is 3.04. The van der Waals surface area contributed by atoms with Crippen molar-refractivity contribution in [1.82, 2.24) is 9.78 Å². The summed E-state index contributed by atoms with van der Waals surface area (Å²) >= 11 is 6.78. The Morgan fingerprint density at radius 1 is 1.45 bits per heavy atom. The molecule has 1 aromatic heterocycles. The van der Waals surface area contributed by atoms with Crippen molar-refractivity contribution in [2.75, 3.05) is 0 Å². The number of benzene rings is 1. The van der Waals surface area contributed by atoms with Gasteiger partial charge in [0.2, 0.25) is 0 Å². The van der Waals surface area contributed by atoms with E-state index in [0.29, 0.717) is 16.8 Å². The Bertz CT molecular complexity index is 668. The van der Waals surface area contributed by atoms with E-state index in [2.05, 4.69) is 37.0 Å². The summed E-state index contributed by atoms with van der Waals surface area (Å²) in [5.41, 5.74) is 2.02. The van der Waals surface area contributed by atoms with Crippen LogP contribution in [0.25, 0.3) is 0 Å². The summed E-state index contributed by atoms with van der Waals surface area (Å²) in [6.07, 6.45) is 0. The van der Waals surface area contributed by atoms with Crippen molar-refractivity contribution in [3.05, 3.63) is 44.1 Å². The standard InChI is InChI=1S/C13H12Br2N2O3/c1-7-12(15)10(17(2)16-7)6-20-11-4-3-8(13(18)19)5-9(11)14/h3-5H,6H2,1-2H3,(H,18,19). The molecule has 0 spiro atoms. The Hall–Kier alpha value is -1.34. The van der Waals surface area contributed by atoms with Crippen LogP contribution >= 0.6 is 31.9 Å². The number of aromatic nitrogens is 2. The summed E-state index contributed by atoms with van der Waals surface area (Å²) in [6, 6.07) is 4.65. The number of carboxylic acid groups (broad SMARTS) is 1. The van der Waals surface area contributed by atoms with E-state index in [1.165, 1.54) is 12.1 Å². The number of ether oxygens (including phenoxy) is 1. The molecule has 1 aromatic carbocycles. The molecule has 2 rings (SSSR count). The van der Waals surface area contributed by atoms with Gasteiger partial charge in [0.1, 0.15) is 12.4 Å². The van der Waals surface area contributed by atoms with E-state index in [1.807, 2.05) is 14.0 Å². The molecule has 0 radical (unpaired) electrons. The molecule has 0 aliphatic carbocycles. The van der Waals surface area contributed by atoms with Gasteiger partial charge in [-0.15, -0.1) is 0 Å². The quantitative estimate of drug-likeness (QED) is 0.847. The summed E-state index contributed by atoms with van der Waals surface area (Å²) in [5, 5.41) is 13.2. The van der Waals surface area contributed by atoms with Crippen molar-refractivity contribution in [2.24, 2.45) is 7.05 Å². The first-order chi connectivity index (χ1) is 9.40. The number of hydrogen-bond acceptors (Lipinski definition) is 3. The summed E-state index contributed by atoms with van der Waals surface area (Å²) in [6.45, 7) is 2.24. The van der Waals surface area contributed by atoms with Gasteiger partial charge in [-0.3, -0.25) is 4.68 Å². The van der Waals surface area contributed by atoms with Crippen LogP contribution in [0.3, 0.4) is 0 Å². The number of carboxylic acids is 1. The van der Waals surface area contributed by atoms with E-state index >= 15 is 0 Å². The highest BCUT2D eigenvalue weighted by Gasteiger charge is 2.13. The van der Waals surface area contributed by atoms with Crippen LogP contribution in [0.1, 0.15) is 21.7 Å². The molecule has 0 unspecified atom stereocenters. The number of halogens is 2. The van der Waals surface area contributed by atoms with Gasteiger partial charge in [-0.05, 0) is 57.0 Å². The monoisotopic (exact) mass is 402 g/mol. The molecule has 7 heteroatoms. The Kier molecular flexibility index (Phi) is 4.49. The van der Waals surface area contributed by atoms with Gasteiger partial charge in [-0.25, -0.2) is 4.79 Å². The minimum absolute atomic E-state index is 0.210. The van der Waals surface area contributed by atoms with Gasteiger partial charge in [0, 0.05) is 7.05 Å². The Balaban J connectivity index is 2.17. The second-order valence-corrected chi connectivity index (χ2v) is 5.86. The molecule has 0 bridgehead atoms. The third-order valence-corrected chi connectivity index (χ3v) is 4.46. The van der Waals surface area contributed by atoms with Gasteiger partial charge < -0.3 is 9.84 Å². The topological polar surface area (TPSA) is 64.4 Å². The SMILES string of the molecule is Cc1nn(C)c(COc2ccc(C(=O)O)cc2Br)c1Br. The minimum Gasteiger partial charge on any atom is -0.486 e. The first kappa shape index (κ1) is 15.1. The van der Waals surface area contributed by atoms with E-state index in [4.69, 9.17) is 9.84 Å². The molecule has 0 atom stereocenters. The highest BCUT2D eigenvalue weighted by molar-refractivity contribution is 9.10. The maximum Gasteiger partial charge on any atom is 0.335 e. The lowest BCUT2D eigenvalue weighted by Crippen LogP contribution is -2.04. The van der Waals surface area contributed by atoms with Crippen molar-refractivity contribution in [1.29, 1.82) is 0 Å². The van der Waals surface area contributed by atoms with E-state index in [1.54, 1.807) is 10.7 Å². The van der Waals surface area contributed by atoms with Crippen LogP contribution in [0.15, 0.2) is 27.1 Å². The van der Waals surface area contributed by atoms with E-state index in [-0.39, 0.29) is 5.56 Å². The molecule has 0 aliphatic heterocycles. The maximum absolute atomic E-state index is 10.9. The fourth-order valence-electron chi connectivity index (χ4n) is 1.73. The van der Waals surface area contributed by atoms with Gasteiger partial charge in [0.05, 0.1) is 25.9 Å². The second-order valence-electron chi connectivity index (χ2n) is 4.21. The number of aromatic carboxylic acids is 1. The van der Waals surface area contributed by atoms with Crippen molar-refractivity contribution in [3.63, 3.8) is 0 Å². The van der Waals surface area contributed by atoms with E-state index in [0.717, 1.165) is 15.9 Å².